The molecular weight excluding hydrogens is 304 g/mol. The van der Waals surface area contributed by atoms with Gasteiger partial charge in [0.25, 0.3) is 0 Å². The molecule has 25 heavy (non-hydrogen) atoms. The van der Waals surface area contributed by atoms with Crippen LogP contribution in [0, 0.1) is 16.2 Å². The molecule has 0 fully saturated rings. The van der Waals surface area contributed by atoms with E-state index in [0.29, 0.717) is 0 Å². The molecule has 0 spiro atoms. The molecule has 0 atom stereocenters. The Morgan fingerprint density at radius 3 is 1.28 bits per heavy atom. The van der Waals surface area contributed by atoms with Crippen molar-refractivity contribution in [2.75, 3.05) is 7.11 Å². The lowest BCUT2D eigenvalue weighted by Gasteiger charge is -2.40. The van der Waals surface area contributed by atoms with Crippen molar-refractivity contribution in [3.8, 4) is 0 Å². The summed E-state index contributed by atoms with van der Waals surface area (Å²) in [6.45, 7) is 32.6. The summed E-state index contributed by atoms with van der Waals surface area (Å²) in [6.07, 6.45) is 6.08. The van der Waals surface area contributed by atoms with Crippen molar-refractivity contribution in [1.82, 2.24) is 0 Å². The highest BCUT2D eigenvalue weighted by atomic mass is 16.5. The second-order valence-corrected chi connectivity index (χ2v) is 9.88. The fourth-order valence-electron chi connectivity index (χ4n) is 4.15. The first-order valence-electron chi connectivity index (χ1n) is 9.67. The second-order valence-electron chi connectivity index (χ2n) is 9.88. The van der Waals surface area contributed by atoms with Gasteiger partial charge in [0, 0.05) is 7.11 Å². The van der Waals surface area contributed by atoms with Gasteiger partial charge in [0.15, 0.2) is 0 Å². The van der Waals surface area contributed by atoms with Crippen LogP contribution in [0.3, 0.4) is 0 Å². The predicted octanol–water partition coefficient (Wildman–Crippen LogP) is 7.98. The highest BCUT2D eigenvalue weighted by Crippen LogP contribution is 2.46. The van der Waals surface area contributed by atoms with Gasteiger partial charge in [-0.15, -0.1) is 0 Å². The molecule has 0 radical (unpaired) electrons. The lowest BCUT2D eigenvalue weighted by molar-refractivity contribution is -0.00614. The molecule has 0 amide bonds. The van der Waals surface area contributed by atoms with Crippen LogP contribution >= 0.6 is 0 Å². The van der Waals surface area contributed by atoms with Crippen molar-refractivity contribution in [2.24, 2.45) is 16.2 Å². The van der Waals surface area contributed by atoms with E-state index in [1.54, 1.807) is 7.11 Å². The third kappa shape index (κ3) is 8.90. The molecule has 0 aliphatic carbocycles. The van der Waals surface area contributed by atoms with Crippen molar-refractivity contribution in [3.63, 3.8) is 0 Å². The molecule has 0 rings (SSSR count). The van der Waals surface area contributed by atoms with Crippen LogP contribution in [-0.4, -0.2) is 12.7 Å². The summed E-state index contributed by atoms with van der Waals surface area (Å²) in [4.78, 5) is 0. The van der Waals surface area contributed by atoms with Crippen molar-refractivity contribution < 1.29 is 4.74 Å². The summed E-state index contributed by atoms with van der Waals surface area (Å²) in [5.74, 6) is 0. The zero-order valence-electron chi connectivity index (χ0n) is 19.4. The minimum absolute atomic E-state index is 0.0278. The van der Waals surface area contributed by atoms with E-state index in [4.69, 9.17) is 4.74 Å². The summed E-state index contributed by atoms with van der Waals surface area (Å²) in [5, 5.41) is 0. The van der Waals surface area contributed by atoms with Gasteiger partial charge < -0.3 is 4.74 Å². The molecule has 0 heterocycles. The fourth-order valence-corrected chi connectivity index (χ4v) is 4.15. The zero-order valence-corrected chi connectivity index (χ0v) is 19.4. The van der Waals surface area contributed by atoms with Gasteiger partial charge in [0.05, 0.1) is 5.60 Å². The molecule has 0 aliphatic rings. The van der Waals surface area contributed by atoms with Crippen LogP contribution in [0.2, 0.25) is 0 Å². The van der Waals surface area contributed by atoms with E-state index in [2.05, 4.69) is 75.5 Å². The molecule has 1 nitrogen and oxygen atoms in total. The maximum absolute atomic E-state index is 5.67. The largest absolute Gasteiger partial charge is 0.379 e. The van der Waals surface area contributed by atoms with Gasteiger partial charge >= 0.3 is 0 Å². The number of rotatable bonds is 8. The van der Waals surface area contributed by atoms with Gasteiger partial charge in [0.2, 0.25) is 0 Å². The van der Waals surface area contributed by atoms with Crippen LogP contribution in [0.5, 0.6) is 0 Å². The molecule has 0 saturated carbocycles. The van der Waals surface area contributed by atoms with E-state index < -0.39 is 0 Å². The van der Waals surface area contributed by atoms with Crippen LogP contribution in [0.25, 0.3) is 0 Å². The minimum atomic E-state index is -0.168. The fraction of sp³-hybridized carbons (Fsp3) is 0.750. The van der Waals surface area contributed by atoms with Gasteiger partial charge in [-0.1, -0.05) is 87.6 Å². The van der Waals surface area contributed by atoms with Crippen LogP contribution in [-0.2, 0) is 4.74 Å². The van der Waals surface area contributed by atoms with Crippen LogP contribution in [0.4, 0.5) is 0 Å². The number of hydrogen-bond acceptors (Lipinski definition) is 1. The van der Waals surface area contributed by atoms with E-state index in [1.807, 2.05) is 26.0 Å². The lowest BCUT2D eigenvalue weighted by Crippen LogP contribution is -2.33. The Kier molecular flexibility index (Phi) is 10.3. The van der Waals surface area contributed by atoms with Gasteiger partial charge in [-0.3, -0.25) is 0 Å². The topological polar surface area (TPSA) is 9.23 Å². The first-order chi connectivity index (χ1) is 11.1. The monoisotopic (exact) mass is 350 g/mol. The standard InChI is InChI=1S/C22H40O.C2H6/c1-13-17(20(6,7)15-19(3,4)5)18(14-2)21(8,9)16-22(10,11)23-12;1-2/h13-14H,1-2,15-16H2,3-12H3;1-2H3/b18-17-;. The Morgan fingerprint density at radius 1 is 0.720 bits per heavy atom. The van der Waals surface area contributed by atoms with Crippen molar-refractivity contribution in [3.05, 3.63) is 36.5 Å². The first-order valence-corrected chi connectivity index (χ1v) is 9.67. The quantitative estimate of drug-likeness (QED) is 0.403. The van der Waals surface area contributed by atoms with Gasteiger partial charge in [-0.25, -0.2) is 0 Å². The normalized spacial score (nSPS) is 14.2. The maximum Gasteiger partial charge on any atom is 0.0631 e. The lowest BCUT2D eigenvalue weighted by atomic mass is 9.66. The molecule has 0 unspecified atom stereocenters. The summed E-state index contributed by atoms with van der Waals surface area (Å²) in [5.41, 5.74) is 2.71. The Labute approximate surface area is 159 Å². The minimum Gasteiger partial charge on any atom is -0.379 e. The van der Waals surface area contributed by atoms with E-state index in [0.717, 1.165) is 12.8 Å². The maximum atomic E-state index is 5.67. The molecule has 0 bridgehead atoms. The second kappa shape index (κ2) is 9.76. The molecule has 148 valence electrons. The van der Waals surface area contributed by atoms with E-state index >= 15 is 0 Å². The van der Waals surface area contributed by atoms with Crippen LogP contribution in [0.15, 0.2) is 36.5 Å². The molecular formula is C24H46O. The smallest absolute Gasteiger partial charge is 0.0631 e. The first kappa shape index (κ1) is 26.4. The Hall–Kier alpha value is -0.820. The van der Waals surface area contributed by atoms with Crippen molar-refractivity contribution >= 4 is 0 Å². The Morgan fingerprint density at radius 2 is 1.04 bits per heavy atom. The molecule has 1 heteroatoms. The molecule has 0 saturated heterocycles. The molecule has 0 aliphatic heterocycles. The highest BCUT2D eigenvalue weighted by Gasteiger charge is 2.36. The van der Waals surface area contributed by atoms with Gasteiger partial charge in [-0.05, 0) is 54.1 Å². The molecule has 0 aromatic rings. The summed E-state index contributed by atoms with van der Waals surface area (Å²) in [7, 11) is 1.78. The SMILES string of the molecule is C=C/C(=C(\C=C)C(C)(C)CC(C)(C)OC)C(C)(C)CC(C)(C)C.CC. The van der Waals surface area contributed by atoms with Gasteiger partial charge in [0.1, 0.15) is 0 Å². The van der Waals surface area contributed by atoms with Crippen LogP contribution in [0.1, 0.15) is 89.0 Å². The van der Waals surface area contributed by atoms with E-state index in [9.17, 15) is 0 Å². The summed E-state index contributed by atoms with van der Waals surface area (Å²) in [6, 6.07) is 0. The number of methoxy groups -OCH3 is 1. The summed E-state index contributed by atoms with van der Waals surface area (Å²) < 4.78 is 5.67. The number of ether oxygens (including phenoxy) is 1. The van der Waals surface area contributed by atoms with Gasteiger partial charge in [-0.2, -0.15) is 0 Å². The highest BCUT2D eigenvalue weighted by molar-refractivity contribution is 5.40. The van der Waals surface area contributed by atoms with Crippen molar-refractivity contribution in [1.29, 1.82) is 0 Å². The average Bonchev–Trinajstić information content (AvgIpc) is 2.42. The van der Waals surface area contributed by atoms with E-state index in [1.165, 1.54) is 11.1 Å². The Balaban J connectivity index is 0. The number of allylic oxidation sites excluding steroid dienone is 4. The summed E-state index contributed by atoms with van der Waals surface area (Å²) >= 11 is 0. The van der Waals surface area contributed by atoms with Crippen LogP contribution < -0.4 is 0 Å². The third-order valence-electron chi connectivity index (χ3n) is 4.55. The number of hydrogen-bond donors (Lipinski definition) is 0. The van der Waals surface area contributed by atoms with E-state index in [-0.39, 0.29) is 21.8 Å². The molecule has 0 aromatic heterocycles. The molecule has 0 N–H and O–H groups in total. The molecule has 0 aromatic carbocycles. The van der Waals surface area contributed by atoms with Crippen molar-refractivity contribution in [2.45, 2.75) is 94.6 Å². The predicted molar refractivity (Wildman–Crippen MR) is 116 cm³/mol. The average molecular weight is 351 g/mol. The zero-order chi connectivity index (χ0) is 20.7. The Bertz CT molecular complexity index is 453. The third-order valence-corrected chi connectivity index (χ3v) is 4.55.